The molecule has 0 saturated heterocycles. The highest BCUT2D eigenvalue weighted by molar-refractivity contribution is 5.95. The normalized spacial score (nSPS) is 10.8. The fourth-order valence-corrected chi connectivity index (χ4v) is 2.22. The third-order valence-corrected chi connectivity index (χ3v) is 3.62. The molecule has 0 aliphatic rings. The monoisotopic (exact) mass is 344 g/mol. The molecule has 0 aliphatic heterocycles. The van der Waals surface area contributed by atoms with Gasteiger partial charge in [0.2, 0.25) is 5.91 Å². The van der Waals surface area contributed by atoms with E-state index >= 15 is 0 Å². The van der Waals surface area contributed by atoms with Crippen LogP contribution in [0.2, 0.25) is 0 Å². The number of benzene rings is 1. The molecule has 0 bridgehead atoms. The number of hydrogen-bond acceptors (Lipinski definition) is 5. The van der Waals surface area contributed by atoms with Crippen LogP contribution < -0.4 is 4.74 Å². The maximum atomic E-state index is 12.2. The molecule has 1 amide bonds. The van der Waals surface area contributed by atoms with Crippen LogP contribution in [0.5, 0.6) is 5.75 Å². The SMILES string of the molecule is CCOC(=O)COc1ccc(/C(C)=C/C(=O)N(CC)CC)cc1C#N. The number of amides is 1. The Morgan fingerprint density at radius 3 is 2.48 bits per heavy atom. The highest BCUT2D eigenvalue weighted by Gasteiger charge is 2.11. The molecule has 6 heteroatoms. The van der Waals surface area contributed by atoms with Gasteiger partial charge in [-0.2, -0.15) is 5.26 Å². The molecule has 0 heterocycles. The minimum Gasteiger partial charge on any atom is -0.481 e. The van der Waals surface area contributed by atoms with Gasteiger partial charge in [-0.3, -0.25) is 4.79 Å². The maximum absolute atomic E-state index is 12.2. The van der Waals surface area contributed by atoms with Gasteiger partial charge >= 0.3 is 5.97 Å². The first-order valence-electron chi connectivity index (χ1n) is 8.26. The second kappa shape index (κ2) is 10.1. The van der Waals surface area contributed by atoms with Crippen LogP contribution in [-0.4, -0.2) is 43.1 Å². The first-order chi connectivity index (χ1) is 12.0. The molecular weight excluding hydrogens is 320 g/mol. The lowest BCUT2D eigenvalue weighted by atomic mass is 10.0. The third-order valence-electron chi connectivity index (χ3n) is 3.62. The lowest BCUT2D eigenvalue weighted by Gasteiger charge is -2.17. The van der Waals surface area contributed by atoms with Crippen molar-refractivity contribution in [1.29, 1.82) is 5.26 Å². The van der Waals surface area contributed by atoms with Gasteiger partial charge in [-0.25, -0.2) is 4.79 Å². The van der Waals surface area contributed by atoms with Gasteiger partial charge in [-0.15, -0.1) is 0 Å². The number of carbonyl (C=O) groups excluding carboxylic acids is 2. The Morgan fingerprint density at radius 1 is 1.24 bits per heavy atom. The van der Waals surface area contributed by atoms with E-state index in [4.69, 9.17) is 9.47 Å². The van der Waals surface area contributed by atoms with Crippen molar-refractivity contribution >= 4 is 17.4 Å². The quantitative estimate of drug-likeness (QED) is 0.535. The number of likely N-dealkylation sites (N-methyl/N-ethyl adjacent to an activating group) is 1. The van der Waals surface area contributed by atoms with E-state index in [2.05, 4.69) is 0 Å². The number of carbonyl (C=O) groups is 2. The Hall–Kier alpha value is -2.81. The average molecular weight is 344 g/mol. The molecular formula is C19H24N2O4. The summed E-state index contributed by atoms with van der Waals surface area (Å²) in [7, 11) is 0. The molecule has 1 rings (SSSR count). The van der Waals surface area contributed by atoms with Crippen molar-refractivity contribution in [3.63, 3.8) is 0 Å². The van der Waals surface area contributed by atoms with Crippen LogP contribution in [0.1, 0.15) is 38.8 Å². The van der Waals surface area contributed by atoms with Crippen molar-refractivity contribution in [2.24, 2.45) is 0 Å². The number of allylic oxidation sites excluding steroid dienone is 1. The fourth-order valence-electron chi connectivity index (χ4n) is 2.22. The van der Waals surface area contributed by atoms with Crippen LogP contribution in [0, 0.1) is 11.3 Å². The fraction of sp³-hybridized carbons (Fsp3) is 0.421. The van der Waals surface area contributed by atoms with Gasteiger partial charge in [-0.05, 0) is 51.0 Å². The Labute approximate surface area is 148 Å². The van der Waals surface area contributed by atoms with E-state index in [0.717, 1.165) is 11.1 Å². The van der Waals surface area contributed by atoms with Gasteiger partial charge in [0.1, 0.15) is 11.8 Å². The van der Waals surface area contributed by atoms with Crippen LogP contribution in [0.3, 0.4) is 0 Å². The first kappa shape index (κ1) is 20.2. The molecule has 134 valence electrons. The van der Waals surface area contributed by atoms with Gasteiger partial charge in [-0.1, -0.05) is 6.07 Å². The second-order valence-electron chi connectivity index (χ2n) is 5.25. The summed E-state index contributed by atoms with van der Waals surface area (Å²) >= 11 is 0. The standard InChI is InChI=1S/C19H24N2O4/c1-5-21(6-2)18(22)10-14(4)15-8-9-17(16(11-15)12-20)25-13-19(23)24-7-3/h8-11H,5-7,13H2,1-4H3/b14-10+. The molecule has 0 aromatic heterocycles. The van der Waals surface area contributed by atoms with Gasteiger partial charge in [0.25, 0.3) is 0 Å². The van der Waals surface area contributed by atoms with Crippen LogP contribution >= 0.6 is 0 Å². The Kier molecular flexibility index (Phi) is 8.21. The molecule has 0 N–H and O–H groups in total. The largest absolute Gasteiger partial charge is 0.481 e. The Bertz CT molecular complexity index is 685. The predicted molar refractivity (Wildman–Crippen MR) is 94.9 cm³/mol. The van der Waals surface area contributed by atoms with Crippen molar-refractivity contribution in [3.05, 3.63) is 35.4 Å². The zero-order chi connectivity index (χ0) is 18.8. The molecule has 0 fully saturated rings. The third kappa shape index (κ3) is 5.96. The minimum atomic E-state index is -0.489. The Balaban J connectivity index is 2.95. The molecule has 1 aromatic carbocycles. The van der Waals surface area contributed by atoms with Gasteiger partial charge in [0.15, 0.2) is 6.61 Å². The van der Waals surface area contributed by atoms with E-state index < -0.39 is 5.97 Å². The Morgan fingerprint density at radius 2 is 1.92 bits per heavy atom. The number of nitrogens with zero attached hydrogens (tertiary/aromatic N) is 2. The summed E-state index contributed by atoms with van der Waals surface area (Å²) < 4.78 is 10.1. The van der Waals surface area contributed by atoms with E-state index in [1.54, 1.807) is 36.1 Å². The van der Waals surface area contributed by atoms with E-state index in [1.165, 1.54) is 0 Å². The van der Waals surface area contributed by atoms with Crippen LogP contribution in [0.4, 0.5) is 0 Å². The summed E-state index contributed by atoms with van der Waals surface area (Å²) in [6.07, 6.45) is 1.56. The van der Waals surface area contributed by atoms with Crippen LogP contribution in [0.15, 0.2) is 24.3 Å². The molecule has 0 saturated carbocycles. The predicted octanol–water partition coefficient (Wildman–Crippen LogP) is 2.77. The van der Waals surface area contributed by atoms with Crippen molar-refractivity contribution in [2.75, 3.05) is 26.3 Å². The molecule has 0 radical (unpaired) electrons. The summed E-state index contributed by atoms with van der Waals surface area (Å²) in [5, 5.41) is 9.30. The maximum Gasteiger partial charge on any atom is 0.344 e. The minimum absolute atomic E-state index is 0.0661. The first-order valence-corrected chi connectivity index (χ1v) is 8.26. The summed E-state index contributed by atoms with van der Waals surface area (Å²) in [5.74, 6) is -0.248. The summed E-state index contributed by atoms with van der Waals surface area (Å²) in [6, 6.07) is 7.06. The lowest BCUT2D eigenvalue weighted by Crippen LogP contribution is -2.28. The number of hydrogen-bond donors (Lipinski definition) is 0. The zero-order valence-electron chi connectivity index (χ0n) is 15.2. The summed E-state index contributed by atoms with van der Waals surface area (Å²) in [6.45, 7) is 8.68. The van der Waals surface area contributed by atoms with Gasteiger partial charge in [0, 0.05) is 19.2 Å². The number of rotatable bonds is 8. The molecule has 0 spiro atoms. The van der Waals surface area contributed by atoms with E-state index in [1.807, 2.05) is 26.8 Å². The van der Waals surface area contributed by atoms with Crippen LogP contribution in [-0.2, 0) is 14.3 Å². The number of nitriles is 1. The molecule has 0 aliphatic carbocycles. The second-order valence-corrected chi connectivity index (χ2v) is 5.25. The molecule has 1 aromatic rings. The lowest BCUT2D eigenvalue weighted by molar-refractivity contribution is -0.145. The van der Waals surface area contributed by atoms with Crippen molar-refractivity contribution in [3.8, 4) is 11.8 Å². The summed E-state index contributed by atoms with van der Waals surface area (Å²) in [4.78, 5) is 25.2. The summed E-state index contributed by atoms with van der Waals surface area (Å²) in [5.41, 5.74) is 1.80. The van der Waals surface area contributed by atoms with Crippen molar-refractivity contribution in [2.45, 2.75) is 27.7 Å². The van der Waals surface area contributed by atoms with Crippen molar-refractivity contribution < 1.29 is 19.1 Å². The van der Waals surface area contributed by atoms with E-state index in [9.17, 15) is 14.9 Å². The van der Waals surface area contributed by atoms with Gasteiger partial charge < -0.3 is 14.4 Å². The van der Waals surface area contributed by atoms with Gasteiger partial charge in [0.05, 0.1) is 12.2 Å². The average Bonchev–Trinajstić information content (AvgIpc) is 2.61. The highest BCUT2D eigenvalue weighted by Crippen LogP contribution is 2.23. The van der Waals surface area contributed by atoms with E-state index in [-0.39, 0.29) is 19.1 Å². The molecule has 25 heavy (non-hydrogen) atoms. The van der Waals surface area contributed by atoms with Crippen molar-refractivity contribution in [1.82, 2.24) is 4.90 Å². The topological polar surface area (TPSA) is 79.6 Å². The number of esters is 1. The van der Waals surface area contributed by atoms with E-state index in [0.29, 0.717) is 24.4 Å². The highest BCUT2D eigenvalue weighted by atomic mass is 16.6. The smallest absolute Gasteiger partial charge is 0.344 e. The molecule has 0 atom stereocenters. The molecule has 6 nitrogen and oxygen atoms in total. The zero-order valence-corrected chi connectivity index (χ0v) is 15.2. The van der Waals surface area contributed by atoms with Crippen LogP contribution in [0.25, 0.3) is 5.57 Å². The number of ether oxygens (including phenoxy) is 2. The molecule has 0 unspecified atom stereocenters.